The zero-order valence-corrected chi connectivity index (χ0v) is 11.0. The smallest absolute Gasteiger partial charge is 0.190 e. The van der Waals surface area contributed by atoms with E-state index in [1.165, 1.54) is 6.07 Å². The Balaban J connectivity index is 2.02. The summed E-state index contributed by atoms with van der Waals surface area (Å²) in [6.45, 7) is -0.0236. The van der Waals surface area contributed by atoms with Crippen molar-refractivity contribution >= 4 is 0 Å². The molecule has 0 amide bonds. The van der Waals surface area contributed by atoms with Crippen LogP contribution in [0.5, 0.6) is 11.5 Å². The summed E-state index contributed by atoms with van der Waals surface area (Å²) < 4.78 is 36.9. The van der Waals surface area contributed by atoms with Crippen molar-refractivity contribution in [1.82, 2.24) is 0 Å². The molecule has 2 aromatic carbocycles. The SMILES string of the molecule is COc1ccc(C(N)COc2c(F)cccc2F)cc1. The Morgan fingerprint density at radius 1 is 1.05 bits per heavy atom. The molecule has 0 radical (unpaired) electrons. The van der Waals surface area contributed by atoms with E-state index in [9.17, 15) is 8.78 Å². The lowest BCUT2D eigenvalue weighted by Crippen LogP contribution is -2.19. The van der Waals surface area contributed by atoms with E-state index < -0.39 is 23.4 Å². The van der Waals surface area contributed by atoms with Crippen LogP contribution in [0.2, 0.25) is 0 Å². The van der Waals surface area contributed by atoms with Crippen molar-refractivity contribution < 1.29 is 18.3 Å². The van der Waals surface area contributed by atoms with Crippen LogP contribution in [-0.4, -0.2) is 13.7 Å². The van der Waals surface area contributed by atoms with Gasteiger partial charge in [0.2, 0.25) is 0 Å². The van der Waals surface area contributed by atoms with Gasteiger partial charge in [-0.2, -0.15) is 0 Å². The highest BCUT2D eigenvalue weighted by Gasteiger charge is 2.13. The molecular formula is C15H15F2NO2. The molecular weight excluding hydrogens is 264 g/mol. The molecule has 0 heterocycles. The fourth-order valence-corrected chi connectivity index (χ4v) is 1.74. The number of hydrogen-bond acceptors (Lipinski definition) is 3. The normalized spacial score (nSPS) is 12.0. The van der Waals surface area contributed by atoms with Crippen LogP contribution >= 0.6 is 0 Å². The molecule has 0 bridgehead atoms. The van der Waals surface area contributed by atoms with Crippen LogP contribution in [0, 0.1) is 11.6 Å². The fourth-order valence-electron chi connectivity index (χ4n) is 1.74. The Bertz CT molecular complexity index is 552. The van der Waals surface area contributed by atoms with Crippen molar-refractivity contribution in [3.05, 3.63) is 59.7 Å². The van der Waals surface area contributed by atoms with Crippen molar-refractivity contribution in [2.75, 3.05) is 13.7 Å². The lowest BCUT2D eigenvalue weighted by molar-refractivity contribution is 0.263. The summed E-state index contributed by atoms with van der Waals surface area (Å²) in [6.07, 6.45) is 0. The first kappa shape index (κ1) is 14.3. The lowest BCUT2D eigenvalue weighted by atomic mass is 10.1. The van der Waals surface area contributed by atoms with Crippen molar-refractivity contribution in [3.63, 3.8) is 0 Å². The van der Waals surface area contributed by atoms with Gasteiger partial charge in [0.15, 0.2) is 17.4 Å². The molecule has 0 aliphatic carbocycles. The van der Waals surface area contributed by atoms with Crippen molar-refractivity contribution in [3.8, 4) is 11.5 Å². The third kappa shape index (κ3) is 3.24. The molecule has 3 nitrogen and oxygen atoms in total. The van der Waals surface area contributed by atoms with Gasteiger partial charge in [-0.3, -0.25) is 0 Å². The van der Waals surface area contributed by atoms with E-state index in [4.69, 9.17) is 15.2 Å². The third-order valence-corrected chi connectivity index (χ3v) is 2.87. The first-order valence-electron chi connectivity index (χ1n) is 6.08. The molecule has 106 valence electrons. The van der Waals surface area contributed by atoms with Gasteiger partial charge in [-0.15, -0.1) is 0 Å². The molecule has 0 fully saturated rings. The minimum Gasteiger partial charge on any atom is -0.497 e. The summed E-state index contributed by atoms with van der Waals surface area (Å²) in [7, 11) is 1.57. The first-order valence-corrected chi connectivity index (χ1v) is 6.08. The van der Waals surface area contributed by atoms with Crippen LogP contribution in [-0.2, 0) is 0 Å². The van der Waals surface area contributed by atoms with Gasteiger partial charge in [-0.1, -0.05) is 18.2 Å². The second-order valence-electron chi connectivity index (χ2n) is 4.24. The van der Waals surface area contributed by atoms with Crippen molar-refractivity contribution in [1.29, 1.82) is 0 Å². The summed E-state index contributed by atoms with van der Waals surface area (Å²) in [5.41, 5.74) is 6.72. The third-order valence-electron chi connectivity index (χ3n) is 2.87. The summed E-state index contributed by atoms with van der Waals surface area (Å²) in [4.78, 5) is 0. The molecule has 5 heteroatoms. The Morgan fingerprint density at radius 2 is 1.65 bits per heavy atom. The number of benzene rings is 2. The molecule has 1 unspecified atom stereocenters. The number of rotatable bonds is 5. The number of para-hydroxylation sites is 1. The zero-order chi connectivity index (χ0) is 14.5. The quantitative estimate of drug-likeness (QED) is 0.915. The number of methoxy groups -OCH3 is 1. The maximum Gasteiger partial charge on any atom is 0.190 e. The molecule has 0 aromatic heterocycles. The van der Waals surface area contributed by atoms with Crippen molar-refractivity contribution in [2.45, 2.75) is 6.04 Å². The maximum absolute atomic E-state index is 13.4. The summed E-state index contributed by atoms with van der Waals surface area (Å²) in [5, 5.41) is 0. The molecule has 20 heavy (non-hydrogen) atoms. The summed E-state index contributed by atoms with van der Waals surface area (Å²) >= 11 is 0. The van der Waals surface area contributed by atoms with Crippen LogP contribution < -0.4 is 15.2 Å². The second kappa shape index (κ2) is 6.34. The van der Waals surface area contributed by atoms with Crippen LogP contribution in [0.4, 0.5) is 8.78 Å². The maximum atomic E-state index is 13.4. The Labute approximate surface area is 115 Å². The van der Waals surface area contributed by atoms with Gasteiger partial charge in [0.05, 0.1) is 13.2 Å². The molecule has 2 aromatic rings. The first-order chi connectivity index (χ1) is 9.61. The number of ether oxygens (including phenoxy) is 2. The van der Waals surface area contributed by atoms with Gasteiger partial charge in [-0.05, 0) is 29.8 Å². The Morgan fingerprint density at radius 3 is 2.20 bits per heavy atom. The van der Waals surface area contributed by atoms with Crippen LogP contribution in [0.15, 0.2) is 42.5 Å². The van der Waals surface area contributed by atoms with Crippen molar-refractivity contribution in [2.24, 2.45) is 5.73 Å². The highest BCUT2D eigenvalue weighted by molar-refractivity contribution is 5.30. The number of hydrogen-bond donors (Lipinski definition) is 1. The topological polar surface area (TPSA) is 44.5 Å². The van der Waals surface area contributed by atoms with Crippen LogP contribution in [0.3, 0.4) is 0 Å². The van der Waals surface area contributed by atoms with E-state index in [0.29, 0.717) is 5.75 Å². The molecule has 0 saturated carbocycles. The molecule has 0 aliphatic rings. The average molecular weight is 279 g/mol. The number of halogens is 2. The molecule has 2 rings (SSSR count). The van der Waals surface area contributed by atoms with E-state index in [1.54, 1.807) is 31.4 Å². The molecule has 2 N–H and O–H groups in total. The fraction of sp³-hybridized carbons (Fsp3) is 0.200. The van der Waals surface area contributed by atoms with Gasteiger partial charge in [-0.25, -0.2) is 8.78 Å². The second-order valence-corrected chi connectivity index (χ2v) is 4.24. The van der Waals surface area contributed by atoms with Gasteiger partial charge in [0.25, 0.3) is 0 Å². The monoisotopic (exact) mass is 279 g/mol. The highest BCUT2D eigenvalue weighted by atomic mass is 19.1. The highest BCUT2D eigenvalue weighted by Crippen LogP contribution is 2.23. The number of nitrogens with two attached hydrogens (primary N) is 1. The van der Waals surface area contributed by atoms with Gasteiger partial charge >= 0.3 is 0 Å². The summed E-state index contributed by atoms with van der Waals surface area (Å²) in [5.74, 6) is -1.18. The Kier molecular flexibility index (Phi) is 4.53. The predicted octanol–water partition coefficient (Wildman–Crippen LogP) is 3.05. The van der Waals surface area contributed by atoms with E-state index >= 15 is 0 Å². The minimum atomic E-state index is -0.744. The van der Waals surface area contributed by atoms with E-state index in [0.717, 1.165) is 17.7 Å². The average Bonchev–Trinajstić information content (AvgIpc) is 2.46. The predicted molar refractivity (Wildman–Crippen MR) is 71.8 cm³/mol. The van der Waals surface area contributed by atoms with Crippen LogP contribution in [0.1, 0.15) is 11.6 Å². The molecule has 0 saturated heterocycles. The van der Waals surface area contributed by atoms with Gasteiger partial charge in [0.1, 0.15) is 12.4 Å². The summed E-state index contributed by atoms with van der Waals surface area (Å²) in [6, 6.07) is 10.2. The van der Waals surface area contributed by atoms with Gasteiger partial charge in [0, 0.05) is 0 Å². The molecule has 0 aliphatic heterocycles. The minimum absolute atomic E-state index is 0.0236. The largest absolute Gasteiger partial charge is 0.497 e. The van der Waals surface area contributed by atoms with E-state index in [-0.39, 0.29) is 6.61 Å². The standard InChI is InChI=1S/C15H15F2NO2/c1-19-11-7-5-10(6-8-11)14(18)9-20-15-12(16)3-2-4-13(15)17/h2-8,14H,9,18H2,1H3. The lowest BCUT2D eigenvalue weighted by Gasteiger charge is -2.14. The molecule has 1 atom stereocenters. The van der Waals surface area contributed by atoms with Gasteiger partial charge < -0.3 is 15.2 Å². The zero-order valence-electron chi connectivity index (χ0n) is 11.0. The van der Waals surface area contributed by atoms with E-state index in [2.05, 4.69) is 0 Å². The molecule has 0 spiro atoms. The Hall–Kier alpha value is -2.14. The van der Waals surface area contributed by atoms with Crippen LogP contribution in [0.25, 0.3) is 0 Å². The van der Waals surface area contributed by atoms with E-state index in [1.807, 2.05) is 0 Å².